The zero-order valence-electron chi connectivity index (χ0n) is 11.1. The molecule has 3 rings (SSSR count). The molecule has 18 heavy (non-hydrogen) atoms. The van der Waals surface area contributed by atoms with Crippen molar-refractivity contribution < 1.29 is 4.74 Å². The van der Waals surface area contributed by atoms with E-state index in [9.17, 15) is 0 Å². The molecule has 2 heteroatoms. The van der Waals surface area contributed by atoms with Crippen molar-refractivity contribution in [2.75, 3.05) is 19.8 Å². The second kappa shape index (κ2) is 5.85. The lowest BCUT2D eigenvalue weighted by Crippen LogP contribution is -2.18. The maximum Gasteiger partial charge on any atom is 0.0495 e. The van der Waals surface area contributed by atoms with Crippen molar-refractivity contribution in [1.29, 1.82) is 0 Å². The highest BCUT2D eigenvalue weighted by molar-refractivity contribution is 5.35. The minimum atomic E-state index is 0.789. The van der Waals surface area contributed by atoms with Crippen molar-refractivity contribution in [1.82, 2.24) is 5.32 Å². The first-order valence-electron chi connectivity index (χ1n) is 7.31. The predicted molar refractivity (Wildman–Crippen MR) is 73.7 cm³/mol. The lowest BCUT2D eigenvalue weighted by atomic mass is 10.0. The maximum atomic E-state index is 5.40. The first-order chi connectivity index (χ1) is 8.92. The Hall–Kier alpha value is -0.860. The molecule has 0 bridgehead atoms. The molecular formula is C16H23NO. The van der Waals surface area contributed by atoms with E-state index in [-0.39, 0.29) is 0 Å². The van der Waals surface area contributed by atoms with Gasteiger partial charge in [0.05, 0.1) is 0 Å². The van der Waals surface area contributed by atoms with Gasteiger partial charge in [-0.1, -0.05) is 18.2 Å². The number of hydrogen-bond acceptors (Lipinski definition) is 2. The van der Waals surface area contributed by atoms with E-state index in [2.05, 4.69) is 23.5 Å². The molecule has 1 aromatic carbocycles. The lowest BCUT2D eigenvalue weighted by Gasteiger charge is -2.09. The molecule has 2 aliphatic rings. The Bertz CT molecular complexity index is 396. The summed E-state index contributed by atoms with van der Waals surface area (Å²) in [4.78, 5) is 0. The monoisotopic (exact) mass is 245 g/mol. The lowest BCUT2D eigenvalue weighted by molar-refractivity contribution is 0.184. The fourth-order valence-electron chi connectivity index (χ4n) is 3.09. The van der Waals surface area contributed by atoms with Gasteiger partial charge in [-0.15, -0.1) is 0 Å². The zero-order chi connectivity index (χ0) is 12.2. The molecule has 0 amide bonds. The minimum Gasteiger partial charge on any atom is -0.381 e. The summed E-state index contributed by atoms with van der Waals surface area (Å²) in [5.41, 5.74) is 4.60. The first kappa shape index (κ1) is 12.2. The van der Waals surface area contributed by atoms with E-state index in [1.807, 2.05) is 0 Å². The van der Waals surface area contributed by atoms with Crippen LogP contribution in [0.5, 0.6) is 0 Å². The van der Waals surface area contributed by atoms with Crippen LogP contribution in [-0.4, -0.2) is 19.8 Å². The minimum absolute atomic E-state index is 0.789. The molecule has 1 atom stereocenters. The molecule has 1 aliphatic carbocycles. The van der Waals surface area contributed by atoms with E-state index in [0.717, 1.165) is 32.2 Å². The highest BCUT2D eigenvalue weighted by Gasteiger charge is 2.14. The van der Waals surface area contributed by atoms with Crippen LogP contribution in [0.4, 0.5) is 0 Å². The van der Waals surface area contributed by atoms with Crippen LogP contribution in [0, 0.1) is 5.92 Å². The normalized spacial score (nSPS) is 22.3. The molecule has 98 valence electrons. The van der Waals surface area contributed by atoms with Gasteiger partial charge in [-0.2, -0.15) is 0 Å². The fraction of sp³-hybridized carbons (Fsp3) is 0.625. The number of nitrogens with one attached hydrogen (secondary N) is 1. The van der Waals surface area contributed by atoms with Crippen LogP contribution in [0.3, 0.4) is 0 Å². The number of fused-ring (bicyclic) bond motifs is 1. The average molecular weight is 245 g/mol. The van der Waals surface area contributed by atoms with Crippen LogP contribution >= 0.6 is 0 Å². The summed E-state index contributed by atoms with van der Waals surface area (Å²) in [7, 11) is 0. The Morgan fingerprint density at radius 2 is 2.17 bits per heavy atom. The molecule has 1 unspecified atom stereocenters. The Balaban J connectivity index is 1.42. The molecule has 0 spiro atoms. The quantitative estimate of drug-likeness (QED) is 0.805. The van der Waals surface area contributed by atoms with Gasteiger partial charge in [-0.25, -0.2) is 0 Å². The Morgan fingerprint density at radius 1 is 1.22 bits per heavy atom. The Labute approximate surface area is 110 Å². The third kappa shape index (κ3) is 2.93. The number of ether oxygens (including phenoxy) is 1. The Morgan fingerprint density at radius 3 is 3.06 bits per heavy atom. The molecular weight excluding hydrogens is 222 g/mol. The zero-order valence-corrected chi connectivity index (χ0v) is 11.1. The SMILES string of the molecule is c1cc2c(cc1CNCCC1CCOC1)CCC2. The highest BCUT2D eigenvalue weighted by atomic mass is 16.5. The van der Waals surface area contributed by atoms with Gasteiger partial charge < -0.3 is 10.1 Å². The summed E-state index contributed by atoms with van der Waals surface area (Å²) in [5, 5.41) is 3.56. The molecule has 1 aromatic rings. The van der Waals surface area contributed by atoms with Gasteiger partial charge in [0, 0.05) is 19.8 Å². The van der Waals surface area contributed by atoms with E-state index in [1.54, 1.807) is 11.1 Å². The second-order valence-corrected chi connectivity index (χ2v) is 5.65. The molecule has 1 aliphatic heterocycles. The number of rotatable bonds is 5. The molecule has 0 aromatic heterocycles. The fourth-order valence-corrected chi connectivity index (χ4v) is 3.09. The number of benzene rings is 1. The van der Waals surface area contributed by atoms with Gasteiger partial charge in [0.15, 0.2) is 0 Å². The van der Waals surface area contributed by atoms with Gasteiger partial charge in [0.25, 0.3) is 0 Å². The van der Waals surface area contributed by atoms with E-state index in [4.69, 9.17) is 4.74 Å². The molecule has 0 saturated carbocycles. The van der Waals surface area contributed by atoms with Crippen molar-refractivity contribution in [3.8, 4) is 0 Å². The summed E-state index contributed by atoms with van der Waals surface area (Å²) in [6.45, 7) is 4.07. The topological polar surface area (TPSA) is 21.3 Å². The van der Waals surface area contributed by atoms with Crippen LogP contribution in [0.15, 0.2) is 18.2 Å². The number of hydrogen-bond donors (Lipinski definition) is 1. The summed E-state index contributed by atoms with van der Waals surface area (Å²) < 4.78 is 5.40. The van der Waals surface area contributed by atoms with Gasteiger partial charge >= 0.3 is 0 Å². The van der Waals surface area contributed by atoms with Gasteiger partial charge in [0.1, 0.15) is 0 Å². The molecule has 1 heterocycles. The summed E-state index contributed by atoms with van der Waals surface area (Å²) >= 11 is 0. The van der Waals surface area contributed by atoms with Crippen molar-refractivity contribution >= 4 is 0 Å². The third-order valence-electron chi connectivity index (χ3n) is 4.25. The van der Waals surface area contributed by atoms with Crippen LogP contribution in [0.2, 0.25) is 0 Å². The Kier molecular flexibility index (Phi) is 3.96. The third-order valence-corrected chi connectivity index (χ3v) is 4.25. The average Bonchev–Trinajstić information content (AvgIpc) is 3.05. The predicted octanol–water partition coefficient (Wildman–Crippen LogP) is 2.69. The maximum absolute atomic E-state index is 5.40. The van der Waals surface area contributed by atoms with E-state index in [1.165, 1.54) is 37.7 Å². The standard InChI is InChI=1S/C16H23NO/c1-2-15-5-4-14(10-16(15)3-1)11-17-8-6-13-7-9-18-12-13/h4-5,10,13,17H,1-3,6-9,11-12H2. The van der Waals surface area contributed by atoms with Crippen molar-refractivity contribution in [3.63, 3.8) is 0 Å². The largest absolute Gasteiger partial charge is 0.381 e. The molecule has 1 saturated heterocycles. The molecule has 0 radical (unpaired) electrons. The van der Waals surface area contributed by atoms with Crippen molar-refractivity contribution in [2.45, 2.75) is 38.6 Å². The highest BCUT2D eigenvalue weighted by Crippen LogP contribution is 2.22. The van der Waals surface area contributed by atoms with E-state index >= 15 is 0 Å². The molecule has 2 nitrogen and oxygen atoms in total. The van der Waals surface area contributed by atoms with Crippen LogP contribution in [0.1, 0.15) is 36.0 Å². The summed E-state index contributed by atoms with van der Waals surface area (Å²) in [6.07, 6.45) is 6.41. The molecule has 1 N–H and O–H groups in total. The van der Waals surface area contributed by atoms with Gasteiger partial charge in [-0.3, -0.25) is 0 Å². The van der Waals surface area contributed by atoms with E-state index in [0.29, 0.717) is 0 Å². The van der Waals surface area contributed by atoms with Gasteiger partial charge in [-0.05, 0) is 61.3 Å². The van der Waals surface area contributed by atoms with Crippen molar-refractivity contribution in [2.24, 2.45) is 5.92 Å². The van der Waals surface area contributed by atoms with Crippen molar-refractivity contribution in [3.05, 3.63) is 34.9 Å². The summed E-state index contributed by atoms with van der Waals surface area (Å²) in [5.74, 6) is 0.789. The van der Waals surface area contributed by atoms with Crippen LogP contribution in [0.25, 0.3) is 0 Å². The number of aryl methyl sites for hydroxylation is 2. The smallest absolute Gasteiger partial charge is 0.0495 e. The van der Waals surface area contributed by atoms with Crippen LogP contribution < -0.4 is 5.32 Å². The van der Waals surface area contributed by atoms with E-state index < -0.39 is 0 Å². The van der Waals surface area contributed by atoms with Crippen LogP contribution in [-0.2, 0) is 24.1 Å². The van der Waals surface area contributed by atoms with Gasteiger partial charge in [0.2, 0.25) is 0 Å². The molecule has 1 fully saturated rings. The second-order valence-electron chi connectivity index (χ2n) is 5.65. The first-order valence-corrected chi connectivity index (χ1v) is 7.31. The summed E-state index contributed by atoms with van der Waals surface area (Å²) in [6, 6.07) is 7.01.